The van der Waals surface area contributed by atoms with Crippen molar-refractivity contribution in [3.05, 3.63) is 40.4 Å². The molecule has 0 fully saturated rings. The van der Waals surface area contributed by atoms with Crippen molar-refractivity contribution in [3.63, 3.8) is 0 Å². The first kappa shape index (κ1) is 10.0. The predicted molar refractivity (Wildman–Crippen MR) is 58.4 cm³/mol. The summed E-state index contributed by atoms with van der Waals surface area (Å²) in [6, 6.07) is 1.42. The smallest absolute Gasteiger partial charge is 0.143 e. The van der Waals surface area contributed by atoms with Gasteiger partial charge in [0.1, 0.15) is 5.82 Å². The Kier molecular flexibility index (Phi) is 2.91. The van der Waals surface area contributed by atoms with Crippen molar-refractivity contribution < 1.29 is 4.39 Å². The lowest BCUT2D eigenvalue weighted by atomic mass is 10.4. The maximum atomic E-state index is 12.8. The summed E-state index contributed by atoms with van der Waals surface area (Å²) in [6.45, 7) is 2.61. The fourth-order valence-corrected chi connectivity index (χ4v) is 1.92. The number of thiazole rings is 1. The van der Waals surface area contributed by atoms with E-state index >= 15 is 0 Å². The standard InChI is InChI=1S/C10H10FN3S/c1-7-13-5-10(15-7)6-14-9-2-8(11)3-12-4-9/h2-5,14H,6H2,1H3. The second-order valence-corrected chi connectivity index (χ2v) is 4.41. The number of aromatic nitrogens is 2. The highest BCUT2D eigenvalue weighted by atomic mass is 32.1. The van der Waals surface area contributed by atoms with Gasteiger partial charge >= 0.3 is 0 Å². The van der Waals surface area contributed by atoms with E-state index in [0.717, 1.165) is 9.88 Å². The molecule has 0 aliphatic heterocycles. The SMILES string of the molecule is Cc1ncc(CNc2cncc(F)c2)s1. The highest BCUT2D eigenvalue weighted by molar-refractivity contribution is 7.11. The lowest BCUT2D eigenvalue weighted by molar-refractivity contribution is 0.622. The molecular weight excluding hydrogens is 213 g/mol. The van der Waals surface area contributed by atoms with Crippen LogP contribution in [0.25, 0.3) is 0 Å². The molecule has 2 heterocycles. The molecule has 0 unspecified atom stereocenters. The van der Waals surface area contributed by atoms with Gasteiger partial charge in [0.2, 0.25) is 0 Å². The number of halogens is 1. The van der Waals surface area contributed by atoms with E-state index in [2.05, 4.69) is 15.3 Å². The van der Waals surface area contributed by atoms with Crippen LogP contribution < -0.4 is 5.32 Å². The molecule has 0 aliphatic rings. The molecule has 2 aromatic heterocycles. The first-order valence-corrected chi connectivity index (χ1v) is 5.31. The molecule has 3 nitrogen and oxygen atoms in total. The molecule has 0 aromatic carbocycles. The zero-order chi connectivity index (χ0) is 10.7. The first-order chi connectivity index (χ1) is 7.24. The van der Waals surface area contributed by atoms with Gasteiger partial charge in [-0.3, -0.25) is 4.98 Å². The zero-order valence-corrected chi connectivity index (χ0v) is 9.01. The molecule has 78 valence electrons. The number of nitrogens with zero attached hydrogens (tertiary/aromatic N) is 2. The van der Waals surface area contributed by atoms with Crippen molar-refractivity contribution >= 4 is 17.0 Å². The van der Waals surface area contributed by atoms with Crippen LogP contribution in [-0.2, 0) is 6.54 Å². The van der Waals surface area contributed by atoms with Gasteiger partial charge in [-0.2, -0.15) is 0 Å². The topological polar surface area (TPSA) is 37.8 Å². The fraction of sp³-hybridized carbons (Fsp3) is 0.200. The molecule has 0 amide bonds. The van der Waals surface area contributed by atoms with Crippen LogP contribution in [0.3, 0.4) is 0 Å². The van der Waals surface area contributed by atoms with Crippen LogP contribution in [0.4, 0.5) is 10.1 Å². The maximum Gasteiger partial charge on any atom is 0.143 e. The van der Waals surface area contributed by atoms with Gasteiger partial charge in [0, 0.05) is 17.1 Å². The van der Waals surface area contributed by atoms with E-state index in [1.807, 2.05) is 13.1 Å². The molecule has 15 heavy (non-hydrogen) atoms. The Hall–Kier alpha value is -1.49. The average molecular weight is 223 g/mol. The molecule has 1 N–H and O–H groups in total. The van der Waals surface area contributed by atoms with Crippen molar-refractivity contribution in [3.8, 4) is 0 Å². The first-order valence-electron chi connectivity index (χ1n) is 4.50. The maximum absolute atomic E-state index is 12.8. The van der Waals surface area contributed by atoms with E-state index in [1.54, 1.807) is 17.5 Å². The van der Waals surface area contributed by atoms with Crippen LogP contribution in [0.15, 0.2) is 24.7 Å². The lowest BCUT2D eigenvalue weighted by Crippen LogP contribution is -1.98. The van der Waals surface area contributed by atoms with Gasteiger partial charge in [-0.1, -0.05) is 0 Å². The average Bonchev–Trinajstić information content (AvgIpc) is 2.62. The van der Waals surface area contributed by atoms with Crippen LogP contribution >= 0.6 is 11.3 Å². The Morgan fingerprint density at radius 3 is 2.93 bits per heavy atom. The number of nitrogens with one attached hydrogen (secondary N) is 1. The van der Waals surface area contributed by atoms with Crippen molar-refractivity contribution in [2.75, 3.05) is 5.32 Å². The second-order valence-electron chi connectivity index (χ2n) is 3.09. The van der Waals surface area contributed by atoms with Crippen molar-refractivity contribution in [2.24, 2.45) is 0 Å². The van der Waals surface area contributed by atoms with Crippen LogP contribution in [0, 0.1) is 12.7 Å². The summed E-state index contributed by atoms with van der Waals surface area (Å²) in [4.78, 5) is 9.01. The third-order valence-corrected chi connectivity index (χ3v) is 2.75. The number of hydrogen-bond donors (Lipinski definition) is 1. The molecule has 2 rings (SSSR count). The fourth-order valence-electron chi connectivity index (χ4n) is 1.18. The molecule has 0 aliphatic carbocycles. The normalized spacial score (nSPS) is 10.3. The molecule has 5 heteroatoms. The summed E-state index contributed by atoms with van der Waals surface area (Å²) in [7, 11) is 0. The van der Waals surface area contributed by atoms with E-state index < -0.39 is 0 Å². The summed E-state index contributed by atoms with van der Waals surface area (Å²) < 4.78 is 12.8. The minimum Gasteiger partial charge on any atom is -0.379 e. The number of aryl methyl sites for hydroxylation is 1. The third kappa shape index (κ3) is 2.73. The predicted octanol–water partition coefficient (Wildman–Crippen LogP) is 2.60. The lowest BCUT2D eigenvalue weighted by Gasteiger charge is -2.02. The molecular formula is C10H10FN3S. The van der Waals surface area contributed by atoms with Crippen molar-refractivity contribution in [2.45, 2.75) is 13.5 Å². The van der Waals surface area contributed by atoms with Crippen LogP contribution in [0.1, 0.15) is 9.88 Å². The highest BCUT2D eigenvalue weighted by Crippen LogP contribution is 2.14. The number of rotatable bonds is 3. The Morgan fingerprint density at radius 1 is 1.40 bits per heavy atom. The molecule has 0 saturated carbocycles. The summed E-state index contributed by atoms with van der Waals surface area (Å²) >= 11 is 1.62. The molecule has 0 saturated heterocycles. The second kappa shape index (κ2) is 4.35. The third-order valence-electron chi connectivity index (χ3n) is 1.84. The van der Waals surface area contributed by atoms with Crippen LogP contribution in [-0.4, -0.2) is 9.97 Å². The largest absolute Gasteiger partial charge is 0.379 e. The summed E-state index contributed by atoms with van der Waals surface area (Å²) in [5.41, 5.74) is 0.682. The van der Waals surface area contributed by atoms with E-state index in [4.69, 9.17) is 0 Å². The van der Waals surface area contributed by atoms with Gasteiger partial charge in [0.15, 0.2) is 0 Å². The molecule has 0 bridgehead atoms. The highest BCUT2D eigenvalue weighted by Gasteiger charge is 1.99. The summed E-state index contributed by atoms with van der Waals surface area (Å²) in [5.74, 6) is -0.333. The van der Waals surface area contributed by atoms with Crippen molar-refractivity contribution in [1.82, 2.24) is 9.97 Å². The van der Waals surface area contributed by atoms with Gasteiger partial charge in [-0.15, -0.1) is 11.3 Å². The Bertz CT molecular complexity index is 455. The summed E-state index contributed by atoms with van der Waals surface area (Å²) in [6.07, 6.45) is 4.60. The van der Waals surface area contributed by atoms with Gasteiger partial charge in [0.25, 0.3) is 0 Å². The van der Waals surface area contributed by atoms with Gasteiger partial charge < -0.3 is 5.32 Å². The van der Waals surface area contributed by atoms with Crippen LogP contribution in [0.2, 0.25) is 0 Å². The number of hydrogen-bond acceptors (Lipinski definition) is 4. The minimum atomic E-state index is -0.333. The molecule has 2 aromatic rings. The van der Waals surface area contributed by atoms with Crippen LogP contribution in [0.5, 0.6) is 0 Å². The monoisotopic (exact) mass is 223 g/mol. The minimum absolute atomic E-state index is 0.333. The van der Waals surface area contributed by atoms with E-state index in [0.29, 0.717) is 12.2 Å². The molecule has 0 radical (unpaired) electrons. The van der Waals surface area contributed by atoms with Gasteiger partial charge in [0.05, 0.1) is 29.6 Å². The molecule has 0 spiro atoms. The number of anilines is 1. The number of pyridine rings is 1. The van der Waals surface area contributed by atoms with Crippen molar-refractivity contribution in [1.29, 1.82) is 0 Å². The summed E-state index contributed by atoms with van der Waals surface area (Å²) in [5, 5.41) is 4.11. The quantitative estimate of drug-likeness (QED) is 0.869. The van der Waals surface area contributed by atoms with E-state index in [1.165, 1.54) is 12.3 Å². The van der Waals surface area contributed by atoms with Gasteiger partial charge in [-0.05, 0) is 6.92 Å². The molecule has 0 atom stereocenters. The van der Waals surface area contributed by atoms with E-state index in [-0.39, 0.29) is 5.82 Å². The van der Waals surface area contributed by atoms with E-state index in [9.17, 15) is 4.39 Å². The van der Waals surface area contributed by atoms with Gasteiger partial charge in [-0.25, -0.2) is 9.37 Å². The Labute approximate surface area is 91.0 Å². The Balaban J connectivity index is 1.99. The Morgan fingerprint density at radius 2 is 2.27 bits per heavy atom. The zero-order valence-electron chi connectivity index (χ0n) is 8.20.